The highest BCUT2D eigenvalue weighted by atomic mass is 16.3. The van der Waals surface area contributed by atoms with Crippen molar-refractivity contribution >= 4 is 0 Å². The van der Waals surface area contributed by atoms with E-state index in [4.69, 9.17) is 0 Å². The van der Waals surface area contributed by atoms with Crippen LogP contribution < -0.4 is 0 Å². The number of aliphatic hydroxyl groups is 1. The average molecular weight is 245 g/mol. The number of hydrogen-bond acceptors (Lipinski definition) is 2. The van der Waals surface area contributed by atoms with Gasteiger partial charge in [0.2, 0.25) is 0 Å². The first-order chi connectivity index (χ1) is 8.75. The minimum absolute atomic E-state index is 0.379. The number of hydrogen-bond donors (Lipinski definition) is 1. The second-order valence-corrected chi connectivity index (χ2v) is 5.30. The van der Waals surface area contributed by atoms with Gasteiger partial charge < -0.3 is 10.0 Å². The summed E-state index contributed by atoms with van der Waals surface area (Å²) in [6.07, 6.45) is 7.86. The van der Waals surface area contributed by atoms with Gasteiger partial charge in [0.05, 0.1) is 6.10 Å². The largest absolute Gasteiger partial charge is 0.387 e. The van der Waals surface area contributed by atoms with Crippen molar-refractivity contribution in [1.82, 2.24) is 4.90 Å². The first-order valence-corrected chi connectivity index (χ1v) is 6.82. The number of rotatable bonds is 5. The van der Waals surface area contributed by atoms with Crippen LogP contribution in [0.5, 0.6) is 0 Å². The minimum Gasteiger partial charge on any atom is -0.387 e. The second kappa shape index (κ2) is 6.72. The summed E-state index contributed by atoms with van der Waals surface area (Å²) >= 11 is 0. The summed E-state index contributed by atoms with van der Waals surface area (Å²) in [5.41, 5.74) is 1.01. The Bertz CT molecular complexity index is 374. The van der Waals surface area contributed by atoms with Gasteiger partial charge in [0.25, 0.3) is 0 Å². The number of allylic oxidation sites excluding steroid dienone is 2. The summed E-state index contributed by atoms with van der Waals surface area (Å²) in [7, 11) is 2.10. The molecule has 0 aromatic heterocycles. The van der Waals surface area contributed by atoms with Crippen LogP contribution in [-0.2, 0) is 0 Å². The topological polar surface area (TPSA) is 23.5 Å². The Morgan fingerprint density at radius 3 is 2.72 bits per heavy atom. The highest BCUT2D eigenvalue weighted by Gasteiger charge is 2.15. The summed E-state index contributed by atoms with van der Waals surface area (Å²) in [5, 5.41) is 10.2. The summed E-state index contributed by atoms with van der Waals surface area (Å²) in [6.45, 7) is 1.79. The van der Waals surface area contributed by atoms with E-state index in [2.05, 4.69) is 24.1 Å². The lowest BCUT2D eigenvalue weighted by Gasteiger charge is -2.26. The molecule has 1 aromatic rings. The van der Waals surface area contributed by atoms with E-state index in [9.17, 15) is 5.11 Å². The Morgan fingerprint density at radius 2 is 2.06 bits per heavy atom. The number of nitrogens with zero attached hydrogens (tertiary/aromatic N) is 1. The molecule has 0 unspecified atom stereocenters. The van der Waals surface area contributed by atoms with Crippen molar-refractivity contribution in [3.63, 3.8) is 0 Å². The maximum atomic E-state index is 10.2. The van der Waals surface area contributed by atoms with Crippen molar-refractivity contribution in [1.29, 1.82) is 0 Å². The average Bonchev–Trinajstić information content (AvgIpc) is 2.40. The maximum Gasteiger partial charge on any atom is 0.0916 e. The SMILES string of the molecule is CN(C[C@H]1CC=CCC1)C[C@@H](O)c1ccccc1. The predicted molar refractivity (Wildman–Crippen MR) is 75.4 cm³/mol. The van der Waals surface area contributed by atoms with Crippen molar-refractivity contribution < 1.29 is 5.11 Å². The first-order valence-electron chi connectivity index (χ1n) is 6.82. The zero-order valence-corrected chi connectivity index (χ0v) is 11.1. The fourth-order valence-electron chi connectivity index (χ4n) is 2.61. The molecule has 2 heteroatoms. The Balaban J connectivity index is 1.80. The molecule has 18 heavy (non-hydrogen) atoms. The molecule has 0 amide bonds. The molecule has 0 radical (unpaired) electrons. The molecular weight excluding hydrogens is 222 g/mol. The maximum absolute atomic E-state index is 10.2. The molecule has 0 spiro atoms. The van der Waals surface area contributed by atoms with Gasteiger partial charge in [0.1, 0.15) is 0 Å². The van der Waals surface area contributed by atoms with Crippen LogP contribution in [0.4, 0.5) is 0 Å². The summed E-state index contributed by atoms with van der Waals surface area (Å²) < 4.78 is 0. The van der Waals surface area contributed by atoms with Crippen molar-refractivity contribution in [3.8, 4) is 0 Å². The van der Waals surface area contributed by atoms with Gasteiger partial charge in [-0.1, -0.05) is 42.5 Å². The molecule has 2 atom stereocenters. The molecule has 2 rings (SSSR count). The van der Waals surface area contributed by atoms with Crippen LogP contribution >= 0.6 is 0 Å². The van der Waals surface area contributed by atoms with Crippen LogP contribution in [0.2, 0.25) is 0 Å². The van der Waals surface area contributed by atoms with Crippen LogP contribution in [0.3, 0.4) is 0 Å². The van der Waals surface area contributed by atoms with E-state index in [1.165, 1.54) is 19.3 Å². The highest BCUT2D eigenvalue weighted by molar-refractivity contribution is 5.17. The summed E-state index contributed by atoms with van der Waals surface area (Å²) in [4.78, 5) is 2.25. The van der Waals surface area contributed by atoms with Gasteiger partial charge in [-0.15, -0.1) is 0 Å². The quantitative estimate of drug-likeness (QED) is 0.806. The van der Waals surface area contributed by atoms with Crippen LogP contribution in [-0.4, -0.2) is 30.1 Å². The van der Waals surface area contributed by atoms with Gasteiger partial charge >= 0.3 is 0 Å². The van der Waals surface area contributed by atoms with Crippen molar-refractivity contribution in [2.24, 2.45) is 5.92 Å². The third kappa shape index (κ3) is 3.97. The molecule has 1 aromatic carbocycles. The Labute approximate surface area is 110 Å². The Kier molecular flexibility index (Phi) is 4.97. The highest BCUT2D eigenvalue weighted by Crippen LogP contribution is 2.20. The third-order valence-electron chi connectivity index (χ3n) is 3.62. The van der Waals surface area contributed by atoms with Gasteiger partial charge in [-0.3, -0.25) is 0 Å². The molecule has 2 nitrogen and oxygen atoms in total. The zero-order chi connectivity index (χ0) is 12.8. The normalized spacial score (nSPS) is 21.2. The molecule has 1 aliphatic carbocycles. The monoisotopic (exact) mass is 245 g/mol. The van der Waals surface area contributed by atoms with Crippen molar-refractivity contribution in [3.05, 3.63) is 48.0 Å². The van der Waals surface area contributed by atoms with E-state index in [1.54, 1.807) is 0 Å². The van der Waals surface area contributed by atoms with Crippen LogP contribution in [0.15, 0.2) is 42.5 Å². The molecule has 0 fully saturated rings. The lowest BCUT2D eigenvalue weighted by molar-refractivity contribution is 0.117. The Hall–Kier alpha value is -1.12. The first kappa shape index (κ1) is 13.3. The molecule has 0 saturated carbocycles. The molecule has 1 N–H and O–H groups in total. The minimum atomic E-state index is -0.379. The van der Waals surface area contributed by atoms with Crippen molar-refractivity contribution in [2.75, 3.05) is 20.1 Å². The summed E-state index contributed by atoms with van der Waals surface area (Å²) in [6, 6.07) is 9.91. The molecule has 0 saturated heterocycles. The fraction of sp³-hybridized carbons (Fsp3) is 0.500. The van der Waals surface area contributed by atoms with Crippen LogP contribution in [0.25, 0.3) is 0 Å². The van der Waals surface area contributed by atoms with E-state index in [1.807, 2.05) is 30.3 Å². The van der Waals surface area contributed by atoms with Crippen LogP contribution in [0.1, 0.15) is 30.9 Å². The van der Waals surface area contributed by atoms with E-state index in [0.29, 0.717) is 6.54 Å². The fourth-order valence-corrected chi connectivity index (χ4v) is 2.61. The standard InChI is InChI=1S/C16H23NO/c1-17(12-14-8-4-2-5-9-14)13-16(18)15-10-6-3-7-11-15/h2-4,6-7,10-11,14,16,18H,5,8-9,12-13H2,1H3/t14-,16+/m0/s1. The van der Waals surface area contributed by atoms with E-state index < -0.39 is 0 Å². The second-order valence-electron chi connectivity index (χ2n) is 5.30. The zero-order valence-electron chi connectivity index (χ0n) is 11.1. The summed E-state index contributed by atoms with van der Waals surface area (Å²) in [5.74, 6) is 0.753. The third-order valence-corrected chi connectivity index (χ3v) is 3.62. The predicted octanol–water partition coefficient (Wildman–Crippen LogP) is 3.01. The molecule has 0 heterocycles. The van der Waals surface area contributed by atoms with E-state index >= 15 is 0 Å². The molecule has 0 aliphatic heterocycles. The number of likely N-dealkylation sites (N-methyl/N-ethyl adjacent to an activating group) is 1. The smallest absolute Gasteiger partial charge is 0.0916 e. The molecule has 98 valence electrons. The van der Waals surface area contributed by atoms with Gasteiger partial charge in [0, 0.05) is 13.1 Å². The van der Waals surface area contributed by atoms with Crippen LogP contribution in [0, 0.1) is 5.92 Å². The number of benzene rings is 1. The van der Waals surface area contributed by atoms with Gasteiger partial charge in [-0.05, 0) is 37.8 Å². The molecule has 0 bridgehead atoms. The van der Waals surface area contributed by atoms with Crippen molar-refractivity contribution in [2.45, 2.75) is 25.4 Å². The molecular formula is C16H23NO. The van der Waals surface area contributed by atoms with Gasteiger partial charge in [-0.25, -0.2) is 0 Å². The Morgan fingerprint density at radius 1 is 1.28 bits per heavy atom. The van der Waals surface area contributed by atoms with E-state index in [0.717, 1.165) is 18.0 Å². The number of aliphatic hydroxyl groups excluding tert-OH is 1. The van der Waals surface area contributed by atoms with Gasteiger partial charge in [-0.2, -0.15) is 0 Å². The van der Waals surface area contributed by atoms with E-state index in [-0.39, 0.29) is 6.10 Å². The van der Waals surface area contributed by atoms with Gasteiger partial charge in [0.15, 0.2) is 0 Å². The lowest BCUT2D eigenvalue weighted by Crippen LogP contribution is -2.30. The molecule has 1 aliphatic rings. The lowest BCUT2D eigenvalue weighted by atomic mass is 9.94.